The van der Waals surface area contributed by atoms with E-state index in [1.165, 1.54) is 19.3 Å². The van der Waals surface area contributed by atoms with Gasteiger partial charge >= 0.3 is 0 Å². The Hall–Kier alpha value is -1.54. The fourth-order valence-electron chi connectivity index (χ4n) is 4.21. The molecule has 2 aliphatic rings. The molecule has 1 aromatic heterocycles. The van der Waals surface area contributed by atoms with E-state index >= 15 is 0 Å². The van der Waals surface area contributed by atoms with Crippen LogP contribution in [0.25, 0.3) is 0 Å². The van der Waals surface area contributed by atoms with Gasteiger partial charge in [0.25, 0.3) is 0 Å². The minimum absolute atomic E-state index is 0.0410. The number of rotatable bonds is 7. The number of nitrogens with one attached hydrogen (secondary N) is 2. The zero-order valence-corrected chi connectivity index (χ0v) is 15.0. The number of carbonyl (C=O) groups is 1. The van der Waals surface area contributed by atoms with Crippen LogP contribution in [0.5, 0.6) is 0 Å². The van der Waals surface area contributed by atoms with E-state index in [0.29, 0.717) is 38.0 Å². The van der Waals surface area contributed by atoms with Crippen molar-refractivity contribution < 1.29 is 14.3 Å². The molecule has 0 bridgehead atoms. The molecule has 1 unspecified atom stereocenters. The summed E-state index contributed by atoms with van der Waals surface area (Å²) < 4.78 is 10.9. The SMILES string of the molecule is COCC1(CC(=O)NC(c2nn[nH]n2)C2CCCCC2)CCOCC1. The van der Waals surface area contributed by atoms with Crippen LogP contribution in [0.4, 0.5) is 0 Å². The molecule has 1 aliphatic heterocycles. The predicted molar refractivity (Wildman–Crippen MR) is 90.6 cm³/mol. The van der Waals surface area contributed by atoms with Crippen LogP contribution in [0.2, 0.25) is 0 Å². The monoisotopic (exact) mass is 351 g/mol. The second-order valence-corrected chi connectivity index (χ2v) is 7.44. The van der Waals surface area contributed by atoms with Gasteiger partial charge in [-0.2, -0.15) is 5.21 Å². The number of aromatic amines is 1. The molecule has 1 atom stereocenters. The molecular formula is C17H29N5O3. The third kappa shape index (κ3) is 4.76. The lowest BCUT2D eigenvalue weighted by Crippen LogP contribution is -2.42. The van der Waals surface area contributed by atoms with Crippen LogP contribution in [0, 0.1) is 11.3 Å². The van der Waals surface area contributed by atoms with Gasteiger partial charge in [0.1, 0.15) is 0 Å². The van der Waals surface area contributed by atoms with Crippen molar-refractivity contribution in [1.82, 2.24) is 25.9 Å². The van der Waals surface area contributed by atoms with E-state index in [1.54, 1.807) is 7.11 Å². The lowest BCUT2D eigenvalue weighted by atomic mass is 9.77. The quantitative estimate of drug-likeness (QED) is 0.776. The molecule has 3 rings (SSSR count). The molecule has 1 aliphatic carbocycles. The predicted octanol–water partition coefficient (Wildman–Crippen LogP) is 1.77. The first kappa shape index (κ1) is 18.3. The summed E-state index contributed by atoms with van der Waals surface area (Å²) in [7, 11) is 1.69. The van der Waals surface area contributed by atoms with E-state index < -0.39 is 0 Å². The minimum atomic E-state index is -0.161. The van der Waals surface area contributed by atoms with Crippen LogP contribution < -0.4 is 5.32 Å². The van der Waals surface area contributed by atoms with Gasteiger partial charge in [0.15, 0.2) is 5.82 Å². The Labute approximate surface area is 148 Å². The number of ether oxygens (including phenoxy) is 2. The Morgan fingerprint density at radius 2 is 2.12 bits per heavy atom. The highest BCUT2D eigenvalue weighted by Crippen LogP contribution is 2.36. The summed E-state index contributed by atoms with van der Waals surface area (Å²) in [4.78, 5) is 12.8. The number of hydrogen-bond donors (Lipinski definition) is 2. The number of methoxy groups -OCH3 is 1. The van der Waals surface area contributed by atoms with Crippen molar-refractivity contribution in [3.63, 3.8) is 0 Å². The van der Waals surface area contributed by atoms with Gasteiger partial charge in [-0.15, -0.1) is 10.2 Å². The van der Waals surface area contributed by atoms with Crippen molar-refractivity contribution in [3.8, 4) is 0 Å². The van der Waals surface area contributed by atoms with Gasteiger partial charge in [0, 0.05) is 32.2 Å². The molecule has 1 saturated heterocycles. The number of amides is 1. The van der Waals surface area contributed by atoms with Crippen LogP contribution in [0.15, 0.2) is 0 Å². The first-order chi connectivity index (χ1) is 12.2. The van der Waals surface area contributed by atoms with Crippen molar-refractivity contribution in [1.29, 1.82) is 0 Å². The normalized spacial score (nSPS) is 22.4. The Kier molecular flexibility index (Phi) is 6.36. The standard InChI is InChI=1S/C17H29N5O3/c1-24-12-17(7-9-25-10-8-17)11-14(23)18-15(16-19-21-22-20-16)13-5-3-2-4-6-13/h13,15H,2-12H2,1H3,(H,18,23)(H,19,20,21,22). The maximum absolute atomic E-state index is 12.8. The highest BCUT2D eigenvalue weighted by molar-refractivity contribution is 5.77. The molecular weight excluding hydrogens is 322 g/mol. The summed E-state index contributed by atoms with van der Waals surface area (Å²) in [5.41, 5.74) is -0.133. The fraction of sp³-hybridized carbons (Fsp3) is 0.882. The first-order valence-corrected chi connectivity index (χ1v) is 9.32. The van der Waals surface area contributed by atoms with Gasteiger partial charge in [0.05, 0.1) is 12.6 Å². The second-order valence-electron chi connectivity index (χ2n) is 7.44. The van der Waals surface area contributed by atoms with Crippen molar-refractivity contribution in [3.05, 3.63) is 5.82 Å². The number of hydrogen-bond acceptors (Lipinski definition) is 6. The summed E-state index contributed by atoms with van der Waals surface area (Å²) in [6.07, 6.45) is 7.99. The lowest BCUT2D eigenvalue weighted by molar-refractivity contribution is -0.128. The summed E-state index contributed by atoms with van der Waals surface area (Å²) in [5.74, 6) is 1.01. The molecule has 1 aromatic rings. The number of tetrazole rings is 1. The van der Waals surface area contributed by atoms with E-state index in [-0.39, 0.29) is 17.4 Å². The van der Waals surface area contributed by atoms with Gasteiger partial charge in [-0.1, -0.05) is 24.5 Å². The van der Waals surface area contributed by atoms with E-state index in [4.69, 9.17) is 9.47 Å². The van der Waals surface area contributed by atoms with E-state index in [1.807, 2.05) is 0 Å². The van der Waals surface area contributed by atoms with Crippen LogP contribution in [0.1, 0.15) is 63.2 Å². The summed E-state index contributed by atoms with van der Waals surface area (Å²) >= 11 is 0. The number of carbonyl (C=O) groups excluding carboxylic acids is 1. The largest absolute Gasteiger partial charge is 0.384 e. The van der Waals surface area contributed by atoms with Crippen molar-refractivity contribution in [2.24, 2.45) is 11.3 Å². The van der Waals surface area contributed by atoms with Crippen LogP contribution in [0.3, 0.4) is 0 Å². The van der Waals surface area contributed by atoms with Crippen molar-refractivity contribution in [2.75, 3.05) is 26.9 Å². The van der Waals surface area contributed by atoms with E-state index in [2.05, 4.69) is 25.9 Å². The molecule has 0 aromatic carbocycles. The first-order valence-electron chi connectivity index (χ1n) is 9.32. The van der Waals surface area contributed by atoms with Crippen LogP contribution >= 0.6 is 0 Å². The topological polar surface area (TPSA) is 102 Å². The van der Waals surface area contributed by atoms with Gasteiger partial charge in [-0.05, 0) is 31.6 Å². The Morgan fingerprint density at radius 1 is 1.36 bits per heavy atom. The molecule has 0 spiro atoms. The molecule has 25 heavy (non-hydrogen) atoms. The van der Waals surface area contributed by atoms with Crippen LogP contribution in [-0.2, 0) is 14.3 Å². The molecule has 2 heterocycles. The number of H-pyrrole nitrogens is 1. The Balaban J connectivity index is 1.66. The molecule has 8 nitrogen and oxygen atoms in total. The summed E-state index contributed by atoms with van der Waals surface area (Å²) in [6, 6.07) is -0.161. The summed E-state index contributed by atoms with van der Waals surface area (Å²) in [6.45, 7) is 1.96. The molecule has 0 radical (unpaired) electrons. The van der Waals surface area contributed by atoms with Crippen molar-refractivity contribution >= 4 is 5.91 Å². The minimum Gasteiger partial charge on any atom is -0.384 e. The number of nitrogens with zero attached hydrogens (tertiary/aromatic N) is 3. The molecule has 140 valence electrons. The number of aromatic nitrogens is 4. The lowest BCUT2D eigenvalue weighted by Gasteiger charge is -2.37. The zero-order chi connectivity index (χ0) is 17.5. The molecule has 1 saturated carbocycles. The average Bonchev–Trinajstić information content (AvgIpc) is 3.16. The highest BCUT2D eigenvalue weighted by atomic mass is 16.5. The zero-order valence-electron chi connectivity index (χ0n) is 15.0. The smallest absolute Gasteiger partial charge is 0.221 e. The van der Waals surface area contributed by atoms with E-state index in [0.717, 1.165) is 25.7 Å². The maximum Gasteiger partial charge on any atom is 0.221 e. The van der Waals surface area contributed by atoms with Gasteiger partial charge in [0.2, 0.25) is 5.91 Å². The second kappa shape index (κ2) is 8.71. The molecule has 2 fully saturated rings. The van der Waals surface area contributed by atoms with Gasteiger partial charge < -0.3 is 14.8 Å². The third-order valence-corrected chi connectivity index (χ3v) is 5.62. The van der Waals surface area contributed by atoms with Gasteiger partial charge in [-0.3, -0.25) is 4.79 Å². The average molecular weight is 351 g/mol. The molecule has 2 N–H and O–H groups in total. The third-order valence-electron chi connectivity index (χ3n) is 5.62. The fourth-order valence-corrected chi connectivity index (χ4v) is 4.21. The Bertz CT molecular complexity index is 519. The van der Waals surface area contributed by atoms with E-state index in [9.17, 15) is 4.79 Å². The molecule has 8 heteroatoms. The maximum atomic E-state index is 12.8. The molecule has 1 amide bonds. The van der Waals surface area contributed by atoms with Crippen molar-refractivity contribution in [2.45, 2.75) is 57.4 Å². The van der Waals surface area contributed by atoms with Gasteiger partial charge in [-0.25, -0.2) is 0 Å². The van der Waals surface area contributed by atoms with Crippen LogP contribution in [-0.4, -0.2) is 53.5 Å². The summed E-state index contributed by atoms with van der Waals surface area (Å²) in [5, 5.41) is 17.7. The highest BCUT2D eigenvalue weighted by Gasteiger charge is 2.37. The Morgan fingerprint density at radius 3 is 2.76 bits per heavy atom.